The zero-order chi connectivity index (χ0) is 26.9. The molecule has 0 N–H and O–H groups in total. The first kappa shape index (κ1) is 27.3. The first-order chi connectivity index (χ1) is 18.4. The number of carbonyl (C=O) groups excluding carboxylic acids is 1. The fourth-order valence-corrected chi connectivity index (χ4v) is 6.33. The van der Waals surface area contributed by atoms with Crippen molar-refractivity contribution in [2.24, 2.45) is 0 Å². The van der Waals surface area contributed by atoms with Gasteiger partial charge in [-0.15, -0.1) is 0 Å². The third-order valence-corrected chi connectivity index (χ3v) is 7.92. The number of hydrogen-bond acceptors (Lipinski definition) is 5. The van der Waals surface area contributed by atoms with E-state index in [1.165, 1.54) is 14.7 Å². The van der Waals surface area contributed by atoms with Gasteiger partial charge in [0.1, 0.15) is 17.2 Å². The summed E-state index contributed by atoms with van der Waals surface area (Å²) in [6, 6.07) is 32.9. The van der Waals surface area contributed by atoms with E-state index in [2.05, 4.69) is 86.6 Å². The molecule has 4 aromatic carbocycles. The van der Waals surface area contributed by atoms with E-state index in [0.29, 0.717) is 18.1 Å². The van der Waals surface area contributed by atoms with Gasteiger partial charge in [0.05, 0.1) is 10.9 Å². The van der Waals surface area contributed by atoms with Gasteiger partial charge in [0.2, 0.25) is 0 Å². The Morgan fingerprint density at radius 1 is 0.763 bits per heavy atom. The van der Waals surface area contributed by atoms with Gasteiger partial charge in [-0.1, -0.05) is 36.4 Å². The minimum Gasteiger partial charge on any atom is -0.482 e. The first-order valence-electron chi connectivity index (χ1n) is 12.6. The molecule has 0 radical (unpaired) electrons. The van der Waals surface area contributed by atoms with Crippen LogP contribution in [-0.4, -0.2) is 25.5 Å². The summed E-state index contributed by atoms with van der Waals surface area (Å²) in [7, 11) is -0.222. The van der Waals surface area contributed by atoms with Crippen LogP contribution >= 0.6 is 0 Å². The molecule has 6 heteroatoms. The average Bonchev–Trinajstić information content (AvgIpc) is 2.92. The fraction of sp³-hybridized carbons (Fsp3) is 0.219. The molecule has 0 saturated heterocycles. The molecule has 1 unspecified atom stereocenters. The fourth-order valence-electron chi connectivity index (χ4n) is 4.06. The molecule has 0 fully saturated rings. The van der Waals surface area contributed by atoms with Crippen LogP contribution in [0.3, 0.4) is 0 Å². The Bertz CT molecular complexity index is 1260. The summed E-state index contributed by atoms with van der Waals surface area (Å²) in [4.78, 5) is 15.7. The lowest BCUT2D eigenvalue weighted by molar-refractivity contribution is -0.175. The molecule has 0 bridgehead atoms. The Morgan fingerprint density at radius 2 is 1.29 bits per heavy atom. The lowest BCUT2D eigenvalue weighted by Gasteiger charge is -2.15. The predicted molar refractivity (Wildman–Crippen MR) is 150 cm³/mol. The van der Waals surface area contributed by atoms with Crippen molar-refractivity contribution in [1.82, 2.24) is 0 Å². The van der Waals surface area contributed by atoms with Gasteiger partial charge in [-0.25, -0.2) is 4.79 Å². The SMILES string of the molecule is CCOC(C)OC(=O)COc1ccc(Oc2c(C)cc([S+](c3ccccc3)c3ccccc3)cc2C)cc1. The second-order valence-corrected chi connectivity index (χ2v) is 10.7. The third-order valence-electron chi connectivity index (χ3n) is 5.73. The number of carbonyl (C=O) groups is 1. The predicted octanol–water partition coefficient (Wildman–Crippen LogP) is 7.50. The second kappa shape index (κ2) is 13.2. The van der Waals surface area contributed by atoms with Crippen LogP contribution < -0.4 is 9.47 Å². The van der Waals surface area contributed by atoms with Crippen molar-refractivity contribution in [2.75, 3.05) is 13.2 Å². The summed E-state index contributed by atoms with van der Waals surface area (Å²) in [5.41, 5.74) is 2.13. The number of ether oxygens (including phenoxy) is 4. The van der Waals surface area contributed by atoms with Gasteiger partial charge in [0.15, 0.2) is 27.6 Å². The highest BCUT2D eigenvalue weighted by Gasteiger charge is 2.29. The average molecular weight is 530 g/mol. The monoisotopic (exact) mass is 529 g/mol. The number of benzene rings is 4. The highest BCUT2D eigenvalue weighted by atomic mass is 32.2. The van der Waals surface area contributed by atoms with E-state index in [1.54, 1.807) is 19.1 Å². The quantitative estimate of drug-likeness (QED) is 0.114. The van der Waals surface area contributed by atoms with Gasteiger partial charge in [-0.3, -0.25) is 0 Å². The van der Waals surface area contributed by atoms with Crippen LogP contribution in [0.25, 0.3) is 0 Å². The Kier molecular flexibility index (Phi) is 9.46. The van der Waals surface area contributed by atoms with E-state index in [-0.39, 0.29) is 17.5 Å². The van der Waals surface area contributed by atoms with Crippen LogP contribution in [0.1, 0.15) is 25.0 Å². The maximum atomic E-state index is 11.9. The molecule has 5 nitrogen and oxygen atoms in total. The minimum absolute atomic E-state index is 0.192. The molecule has 0 saturated carbocycles. The van der Waals surface area contributed by atoms with Gasteiger partial charge >= 0.3 is 5.97 Å². The molecule has 4 rings (SSSR count). The van der Waals surface area contributed by atoms with E-state index in [0.717, 1.165) is 16.9 Å². The summed E-state index contributed by atoms with van der Waals surface area (Å²) in [5.74, 6) is 1.59. The largest absolute Gasteiger partial charge is 0.482 e. The number of esters is 1. The summed E-state index contributed by atoms with van der Waals surface area (Å²) < 4.78 is 22.1. The number of hydrogen-bond donors (Lipinski definition) is 0. The zero-order valence-corrected chi connectivity index (χ0v) is 23.0. The van der Waals surface area contributed by atoms with Gasteiger partial charge in [-0.05, 0) is 87.4 Å². The molecule has 38 heavy (non-hydrogen) atoms. The Morgan fingerprint density at radius 3 is 1.82 bits per heavy atom. The van der Waals surface area contributed by atoms with Crippen molar-refractivity contribution in [3.8, 4) is 17.2 Å². The van der Waals surface area contributed by atoms with E-state index < -0.39 is 12.3 Å². The normalized spacial score (nSPS) is 11.7. The Hall–Kier alpha value is -3.74. The maximum absolute atomic E-state index is 11.9. The molecule has 0 heterocycles. The van der Waals surface area contributed by atoms with Crippen molar-refractivity contribution in [3.05, 3.63) is 108 Å². The Balaban J connectivity index is 1.48. The van der Waals surface area contributed by atoms with Gasteiger partial charge in [-0.2, -0.15) is 0 Å². The lowest BCUT2D eigenvalue weighted by atomic mass is 10.1. The lowest BCUT2D eigenvalue weighted by Crippen LogP contribution is -2.22. The minimum atomic E-state index is -0.596. The van der Waals surface area contributed by atoms with Crippen LogP contribution in [0.4, 0.5) is 0 Å². The summed E-state index contributed by atoms with van der Waals surface area (Å²) in [6.07, 6.45) is -0.596. The van der Waals surface area contributed by atoms with Crippen LogP contribution in [0.15, 0.2) is 112 Å². The summed E-state index contributed by atoms with van der Waals surface area (Å²) >= 11 is 0. The van der Waals surface area contributed by atoms with Crippen molar-refractivity contribution in [1.29, 1.82) is 0 Å². The van der Waals surface area contributed by atoms with Crippen LogP contribution in [0.2, 0.25) is 0 Å². The smallest absolute Gasteiger partial charge is 0.346 e. The van der Waals surface area contributed by atoms with E-state index in [4.69, 9.17) is 18.9 Å². The molecule has 196 valence electrons. The standard InChI is InChI=1S/C32H33O5S/c1-5-34-25(4)36-31(33)22-35-26-16-18-27(19-17-26)37-32-23(2)20-30(21-24(32)3)38(28-12-8-6-9-13-28)29-14-10-7-11-15-29/h6-21,25H,5,22H2,1-4H3/q+1. The topological polar surface area (TPSA) is 54.0 Å². The Labute approximate surface area is 227 Å². The van der Waals surface area contributed by atoms with Crippen molar-refractivity contribution in [3.63, 3.8) is 0 Å². The first-order valence-corrected chi connectivity index (χ1v) is 13.8. The molecule has 0 aromatic heterocycles. The highest BCUT2D eigenvalue weighted by Crippen LogP contribution is 2.37. The van der Waals surface area contributed by atoms with Crippen molar-refractivity contribution >= 4 is 16.9 Å². The van der Waals surface area contributed by atoms with E-state index in [9.17, 15) is 4.79 Å². The number of aryl methyl sites for hydroxylation is 2. The zero-order valence-electron chi connectivity index (χ0n) is 22.2. The molecule has 0 aliphatic rings. The number of rotatable bonds is 11. The van der Waals surface area contributed by atoms with Gasteiger partial charge in [0.25, 0.3) is 0 Å². The van der Waals surface area contributed by atoms with Crippen LogP contribution in [0.5, 0.6) is 17.2 Å². The molecule has 4 aromatic rings. The molecule has 0 aliphatic heterocycles. The molecule has 1 atom stereocenters. The van der Waals surface area contributed by atoms with Gasteiger partial charge < -0.3 is 18.9 Å². The van der Waals surface area contributed by atoms with Crippen molar-refractivity contribution < 1.29 is 23.7 Å². The third kappa shape index (κ3) is 7.18. The molecule has 0 spiro atoms. The van der Waals surface area contributed by atoms with Crippen LogP contribution in [-0.2, 0) is 25.2 Å². The second-order valence-electron chi connectivity index (χ2n) is 8.69. The summed E-state index contributed by atoms with van der Waals surface area (Å²) in [5, 5.41) is 0. The highest BCUT2D eigenvalue weighted by molar-refractivity contribution is 7.97. The van der Waals surface area contributed by atoms with Gasteiger partial charge in [0, 0.05) is 18.7 Å². The molecule has 0 amide bonds. The molecular formula is C32H33O5S+. The molecular weight excluding hydrogens is 496 g/mol. The van der Waals surface area contributed by atoms with Crippen LogP contribution in [0, 0.1) is 13.8 Å². The molecule has 0 aliphatic carbocycles. The van der Waals surface area contributed by atoms with E-state index in [1.807, 2.05) is 19.1 Å². The maximum Gasteiger partial charge on any atom is 0.346 e. The van der Waals surface area contributed by atoms with E-state index >= 15 is 0 Å². The van der Waals surface area contributed by atoms with Crippen molar-refractivity contribution in [2.45, 2.75) is 48.7 Å². The summed E-state index contributed by atoms with van der Waals surface area (Å²) in [6.45, 7) is 7.95.